The van der Waals surface area contributed by atoms with Crippen molar-refractivity contribution < 1.29 is 42.2 Å². The SMILES string of the molecule is CC(C)(ON=C(C(=O)OCC1c2ccccc2-c2ccccc21)c1csc(NC(=O)C(F)(F)F)n1)C(=O)O. The molecule has 3 aromatic rings. The molecule has 0 saturated carbocycles. The van der Waals surface area contributed by atoms with E-state index in [1.165, 1.54) is 13.8 Å². The topological polar surface area (TPSA) is 127 Å². The Labute approximate surface area is 217 Å². The van der Waals surface area contributed by atoms with Crippen LogP contribution < -0.4 is 5.32 Å². The highest BCUT2D eigenvalue weighted by atomic mass is 32.1. The number of oxime groups is 1. The molecular formula is C25H20F3N3O6S. The van der Waals surface area contributed by atoms with Crippen molar-refractivity contribution in [1.29, 1.82) is 0 Å². The molecular weight excluding hydrogens is 527 g/mol. The molecule has 1 aliphatic rings. The molecule has 2 aromatic carbocycles. The number of halogens is 3. The summed E-state index contributed by atoms with van der Waals surface area (Å²) in [6.45, 7) is 2.25. The number of esters is 1. The molecule has 38 heavy (non-hydrogen) atoms. The lowest BCUT2D eigenvalue weighted by Gasteiger charge is -2.17. The van der Waals surface area contributed by atoms with Crippen LogP contribution in [-0.2, 0) is 24.0 Å². The molecule has 1 aromatic heterocycles. The first-order chi connectivity index (χ1) is 17.9. The summed E-state index contributed by atoms with van der Waals surface area (Å²) in [5.74, 6) is -4.99. The Morgan fingerprint density at radius 2 is 1.63 bits per heavy atom. The molecule has 0 radical (unpaired) electrons. The highest BCUT2D eigenvalue weighted by Crippen LogP contribution is 2.44. The fourth-order valence-electron chi connectivity index (χ4n) is 3.66. The van der Waals surface area contributed by atoms with E-state index >= 15 is 0 Å². The van der Waals surface area contributed by atoms with E-state index in [0.717, 1.165) is 27.6 Å². The van der Waals surface area contributed by atoms with Gasteiger partial charge in [0.05, 0.1) is 0 Å². The molecule has 13 heteroatoms. The monoisotopic (exact) mass is 547 g/mol. The third-order valence-electron chi connectivity index (χ3n) is 5.64. The fourth-order valence-corrected chi connectivity index (χ4v) is 4.35. The summed E-state index contributed by atoms with van der Waals surface area (Å²) in [5.41, 5.74) is 1.16. The predicted molar refractivity (Wildman–Crippen MR) is 131 cm³/mol. The van der Waals surface area contributed by atoms with Crippen LogP contribution in [0.25, 0.3) is 11.1 Å². The Bertz CT molecular complexity index is 1390. The molecule has 0 aliphatic heterocycles. The average molecular weight is 548 g/mol. The van der Waals surface area contributed by atoms with Gasteiger partial charge in [0.1, 0.15) is 12.3 Å². The zero-order valence-corrected chi connectivity index (χ0v) is 20.7. The molecule has 4 rings (SSSR count). The number of carbonyl (C=O) groups excluding carboxylic acids is 2. The normalized spacial score (nSPS) is 13.4. The third kappa shape index (κ3) is 5.52. The maximum atomic E-state index is 13.1. The van der Waals surface area contributed by atoms with E-state index in [0.29, 0.717) is 11.3 Å². The number of nitrogens with one attached hydrogen (secondary N) is 1. The van der Waals surface area contributed by atoms with Crippen molar-refractivity contribution in [2.24, 2.45) is 5.16 Å². The summed E-state index contributed by atoms with van der Waals surface area (Å²) in [5, 5.41) is 15.2. The molecule has 198 valence electrons. The molecule has 1 aliphatic carbocycles. The first-order valence-electron chi connectivity index (χ1n) is 11.1. The van der Waals surface area contributed by atoms with Crippen LogP contribution in [0, 0.1) is 0 Å². The van der Waals surface area contributed by atoms with Crippen molar-refractivity contribution in [2.45, 2.75) is 31.5 Å². The second kappa shape index (κ2) is 10.2. The molecule has 2 N–H and O–H groups in total. The number of benzene rings is 2. The van der Waals surface area contributed by atoms with E-state index in [4.69, 9.17) is 9.57 Å². The first-order valence-corrected chi connectivity index (χ1v) is 12.0. The maximum absolute atomic E-state index is 13.1. The van der Waals surface area contributed by atoms with Crippen LogP contribution in [0.5, 0.6) is 0 Å². The number of thiazole rings is 1. The molecule has 0 bridgehead atoms. The van der Waals surface area contributed by atoms with Gasteiger partial charge in [0.25, 0.3) is 0 Å². The lowest BCUT2D eigenvalue weighted by Crippen LogP contribution is -2.34. The van der Waals surface area contributed by atoms with Gasteiger partial charge >= 0.3 is 24.0 Å². The summed E-state index contributed by atoms with van der Waals surface area (Å²) in [7, 11) is 0. The number of carboxylic acid groups (broad SMARTS) is 1. The minimum atomic E-state index is -5.15. The minimum Gasteiger partial charge on any atom is -0.478 e. The Morgan fingerprint density at radius 1 is 1.05 bits per heavy atom. The highest BCUT2D eigenvalue weighted by Gasteiger charge is 2.39. The van der Waals surface area contributed by atoms with Crippen molar-refractivity contribution in [3.05, 3.63) is 70.7 Å². The molecule has 1 amide bonds. The van der Waals surface area contributed by atoms with Gasteiger partial charge < -0.3 is 14.7 Å². The van der Waals surface area contributed by atoms with Gasteiger partial charge in [0, 0.05) is 11.3 Å². The van der Waals surface area contributed by atoms with Crippen LogP contribution >= 0.6 is 11.3 Å². The zero-order chi connectivity index (χ0) is 27.7. The highest BCUT2D eigenvalue weighted by molar-refractivity contribution is 7.14. The van der Waals surface area contributed by atoms with Crippen LogP contribution in [-0.4, -0.2) is 52.0 Å². The van der Waals surface area contributed by atoms with Crippen molar-refractivity contribution in [3.63, 3.8) is 0 Å². The van der Waals surface area contributed by atoms with Crippen molar-refractivity contribution in [2.75, 3.05) is 11.9 Å². The standard InChI is InChI=1S/C25H20F3N3O6S/c1-24(2,22(34)35)37-31-19(18-12-38-23(29-18)30-21(33)25(26,27)28)20(32)36-11-17-15-9-5-3-7-13(15)14-8-4-6-10-16(14)17/h3-10,12,17H,11H2,1-2H3,(H,34,35)(H,29,30,33). The van der Waals surface area contributed by atoms with Gasteiger partial charge in [0.2, 0.25) is 11.3 Å². The summed E-state index contributed by atoms with van der Waals surface area (Å²) in [6.07, 6.45) is -5.15. The number of nitrogens with zero attached hydrogens (tertiary/aromatic N) is 2. The van der Waals surface area contributed by atoms with E-state index < -0.39 is 40.5 Å². The van der Waals surface area contributed by atoms with Gasteiger partial charge in [-0.1, -0.05) is 53.7 Å². The minimum absolute atomic E-state index is 0.115. The number of ether oxygens (including phenoxy) is 1. The summed E-state index contributed by atoms with van der Waals surface area (Å²) in [6, 6.07) is 15.3. The number of anilines is 1. The van der Waals surface area contributed by atoms with E-state index in [1.54, 1.807) is 5.32 Å². The smallest absolute Gasteiger partial charge is 0.471 e. The summed E-state index contributed by atoms with van der Waals surface area (Å²) >= 11 is 0.601. The third-order valence-corrected chi connectivity index (χ3v) is 6.40. The number of fused-ring (bicyclic) bond motifs is 3. The van der Waals surface area contributed by atoms with Crippen LogP contribution in [0.3, 0.4) is 0 Å². The van der Waals surface area contributed by atoms with Gasteiger partial charge in [-0.05, 0) is 36.1 Å². The lowest BCUT2D eigenvalue weighted by atomic mass is 9.98. The number of aliphatic carboxylic acids is 1. The van der Waals surface area contributed by atoms with Crippen molar-refractivity contribution >= 4 is 40.0 Å². The van der Waals surface area contributed by atoms with E-state index in [9.17, 15) is 32.7 Å². The van der Waals surface area contributed by atoms with Gasteiger partial charge in [-0.15, -0.1) is 11.3 Å². The summed E-state index contributed by atoms with van der Waals surface area (Å²) < 4.78 is 43.3. The van der Waals surface area contributed by atoms with E-state index in [-0.39, 0.29) is 18.2 Å². The lowest BCUT2D eigenvalue weighted by molar-refractivity contribution is -0.167. The Kier molecular flexibility index (Phi) is 7.22. The first kappa shape index (κ1) is 26.8. The number of amides is 1. The predicted octanol–water partition coefficient (Wildman–Crippen LogP) is 4.58. The number of hydrogen-bond donors (Lipinski definition) is 2. The number of aromatic nitrogens is 1. The second-order valence-electron chi connectivity index (χ2n) is 8.66. The molecule has 0 spiro atoms. The van der Waals surface area contributed by atoms with Gasteiger partial charge in [-0.3, -0.25) is 10.1 Å². The molecule has 9 nitrogen and oxygen atoms in total. The maximum Gasteiger partial charge on any atom is 0.471 e. The van der Waals surface area contributed by atoms with Gasteiger partial charge in [-0.2, -0.15) is 13.2 Å². The van der Waals surface area contributed by atoms with Crippen LogP contribution in [0.1, 0.15) is 36.6 Å². The number of alkyl halides is 3. The van der Waals surface area contributed by atoms with Crippen LogP contribution in [0.4, 0.5) is 18.3 Å². The Balaban J connectivity index is 1.59. The average Bonchev–Trinajstić information content (AvgIpc) is 3.44. The number of carbonyl (C=O) groups is 3. The molecule has 0 unspecified atom stereocenters. The van der Waals surface area contributed by atoms with Crippen molar-refractivity contribution in [1.82, 2.24) is 4.98 Å². The largest absolute Gasteiger partial charge is 0.478 e. The second-order valence-corrected chi connectivity index (χ2v) is 9.52. The van der Waals surface area contributed by atoms with Gasteiger partial charge in [0.15, 0.2) is 5.13 Å². The quantitative estimate of drug-likeness (QED) is 0.240. The molecule has 0 atom stereocenters. The van der Waals surface area contributed by atoms with Crippen LogP contribution in [0.15, 0.2) is 59.1 Å². The molecule has 0 fully saturated rings. The number of hydrogen-bond acceptors (Lipinski definition) is 8. The van der Waals surface area contributed by atoms with Crippen molar-refractivity contribution in [3.8, 4) is 11.1 Å². The fraction of sp³-hybridized carbons (Fsp3) is 0.240. The Hall–Kier alpha value is -4.26. The number of carboxylic acids is 1. The zero-order valence-electron chi connectivity index (χ0n) is 19.9. The van der Waals surface area contributed by atoms with E-state index in [1.807, 2.05) is 48.5 Å². The van der Waals surface area contributed by atoms with Gasteiger partial charge in [-0.25, -0.2) is 14.6 Å². The Morgan fingerprint density at radius 3 is 2.18 bits per heavy atom. The molecule has 0 saturated heterocycles. The number of rotatable bonds is 8. The summed E-state index contributed by atoms with van der Waals surface area (Å²) in [4.78, 5) is 44.6. The van der Waals surface area contributed by atoms with Crippen LogP contribution in [0.2, 0.25) is 0 Å². The molecule has 1 heterocycles. The van der Waals surface area contributed by atoms with E-state index in [2.05, 4.69) is 10.1 Å².